The Morgan fingerprint density at radius 2 is 1.65 bits per heavy atom. The topological polar surface area (TPSA) is 29.3 Å². The van der Waals surface area contributed by atoms with Gasteiger partial charge < -0.3 is 5.73 Å². The van der Waals surface area contributed by atoms with Crippen LogP contribution in [0.15, 0.2) is 42.5 Å². The van der Waals surface area contributed by atoms with Crippen molar-refractivity contribution in [2.24, 2.45) is 0 Å². The van der Waals surface area contributed by atoms with Crippen LogP contribution in [0.5, 0.6) is 0 Å². The summed E-state index contributed by atoms with van der Waals surface area (Å²) in [4.78, 5) is 2.24. The summed E-state index contributed by atoms with van der Waals surface area (Å²) in [6, 6.07) is 14.4. The molecule has 0 bridgehead atoms. The minimum absolute atomic E-state index is 0.755. The second-order valence-corrected chi connectivity index (χ2v) is 5.60. The van der Waals surface area contributed by atoms with Crippen LogP contribution in [0, 0.1) is 0 Å². The molecular formula is C17H21ClN2. The van der Waals surface area contributed by atoms with E-state index >= 15 is 0 Å². The second kappa shape index (κ2) is 6.78. The molecule has 2 nitrogen and oxygen atoms in total. The van der Waals surface area contributed by atoms with Gasteiger partial charge in [0.05, 0.1) is 0 Å². The monoisotopic (exact) mass is 288 g/mol. The smallest absolute Gasteiger partial charge is 0.0452 e. The van der Waals surface area contributed by atoms with E-state index in [1.54, 1.807) is 0 Å². The molecule has 2 aromatic carbocycles. The molecule has 0 unspecified atom stereocenters. The summed E-state index contributed by atoms with van der Waals surface area (Å²) in [6.45, 7) is 3.86. The van der Waals surface area contributed by atoms with E-state index in [1.807, 2.05) is 18.2 Å². The Balaban J connectivity index is 2.00. The molecule has 0 aliphatic rings. The van der Waals surface area contributed by atoms with E-state index in [-0.39, 0.29) is 0 Å². The average Bonchev–Trinajstić information content (AvgIpc) is 2.43. The second-order valence-electron chi connectivity index (χ2n) is 5.19. The number of nitrogens with zero attached hydrogens (tertiary/aromatic N) is 1. The standard InChI is InChI=1S/C17H21ClN2/c1-3-13-4-6-14(7-5-13)11-20(2)12-15-10-16(19)8-9-17(15)18/h4-10H,3,11-12,19H2,1-2H3. The molecule has 3 heteroatoms. The molecule has 0 spiro atoms. The van der Waals surface area contributed by atoms with Gasteiger partial charge in [0.25, 0.3) is 0 Å². The number of aryl methyl sites for hydroxylation is 1. The van der Waals surface area contributed by atoms with Gasteiger partial charge in [-0.25, -0.2) is 0 Å². The summed E-state index contributed by atoms with van der Waals surface area (Å²) < 4.78 is 0. The van der Waals surface area contributed by atoms with Crippen molar-refractivity contribution >= 4 is 17.3 Å². The molecule has 0 aliphatic heterocycles. The first kappa shape index (κ1) is 14.9. The van der Waals surface area contributed by atoms with Crippen molar-refractivity contribution in [2.45, 2.75) is 26.4 Å². The highest BCUT2D eigenvalue weighted by Crippen LogP contribution is 2.20. The highest BCUT2D eigenvalue weighted by molar-refractivity contribution is 6.31. The Bertz CT molecular complexity index is 564. The predicted octanol–water partition coefficient (Wildman–Crippen LogP) is 4.12. The third kappa shape index (κ3) is 3.99. The van der Waals surface area contributed by atoms with Crippen molar-refractivity contribution in [3.8, 4) is 0 Å². The summed E-state index contributed by atoms with van der Waals surface area (Å²) in [5.74, 6) is 0. The fourth-order valence-corrected chi connectivity index (χ4v) is 2.43. The molecule has 0 fully saturated rings. The molecule has 20 heavy (non-hydrogen) atoms. The van der Waals surface area contributed by atoms with Crippen LogP contribution in [0.2, 0.25) is 5.02 Å². The quantitative estimate of drug-likeness (QED) is 0.839. The number of nitrogens with two attached hydrogens (primary N) is 1. The van der Waals surface area contributed by atoms with Crippen LogP contribution in [0.4, 0.5) is 5.69 Å². The molecule has 0 aromatic heterocycles. The predicted molar refractivity (Wildman–Crippen MR) is 86.9 cm³/mol. The van der Waals surface area contributed by atoms with Crippen molar-refractivity contribution in [3.63, 3.8) is 0 Å². The lowest BCUT2D eigenvalue weighted by atomic mass is 10.1. The molecule has 0 radical (unpaired) electrons. The van der Waals surface area contributed by atoms with E-state index in [0.29, 0.717) is 0 Å². The maximum atomic E-state index is 6.20. The number of rotatable bonds is 5. The van der Waals surface area contributed by atoms with Crippen LogP contribution in [-0.2, 0) is 19.5 Å². The van der Waals surface area contributed by atoms with Gasteiger partial charge in [-0.1, -0.05) is 42.8 Å². The summed E-state index contributed by atoms with van der Waals surface area (Å²) in [7, 11) is 2.09. The van der Waals surface area contributed by atoms with Gasteiger partial charge in [0.2, 0.25) is 0 Å². The first-order valence-corrected chi connectivity index (χ1v) is 7.26. The number of hydrogen-bond acceptors (Lipinski definition) is 2. The normalized spacial score (nSPS) is 11.0. The van der Waals surface area contributed by atoms with Crippen molar-refractivity contribution < 1.29 is 0 Å². The van der Waals surface area contributed by atoms with Crippen LogP contribution >= 0.6 is 11.6 Å². The number of nitrogen functional groups attached to an aromatic ring is 1. The number of anilines is 1. The molecule has 106 valence electrons. The molecular weight excluding hydrogens is 268 g/mol. The fraction of sp³-hybridized carbons (Fsp3) is 0.294. The molecule has 0 atom stereocenters. The van der Waals surface area contributed by atoms with Gasteiger partial charge in [0, 0.05) is 23.8 Å². The van der Waals surface area contributed by atoms with E-state index in [2.05, 4.69) is 43.1 Å². The Labute approximate surface area is 126 Å². The van der Waals surface area contributed by atoms with Gasteiger partial charge in [-0.2, -0.15) is 0 Å². The zero-order valence-corrected chi connectivity index (χ0v) is 12.8. The van der Waals surface area contributed by atoms with Crippen LogP contribution in [0.3, 0.4) is 0 Å². The highest BCUT2D eigenvalue weighted by Gasteiger charge is 2.06. The maximum absolute atomic E-state index is 6.20. The average molecular weight is 289 g/mol. The van der Waals surface area contributed by atoms with Crippen molar-refractivity contribution in [3.05, 3.63) is 64.2 Å². The molecule has 0 saturated heterocycles. The third-order valence-corrected chi connectivity index (χ3v) is 3.76. The van der Waals surface area contributed by atoms with Crippen molar-refractivity contribution in [1.29, 1.82) is 0 Å². The zero-order valence-electron chi connectivity index (χ0n) is 12.1. The van der Waals surface area contributed by atoms with Gasteiger partial charge >= 0.3 is 0 Å². The molecule has 0 saturated carbocycles. The summed E-state index contributed by atoms with van der Waals surface area (Å²) in [6.07, 6.45) is 1.08. The van der Waals surface area contributed by atoms with E-state index in [0.717, 1.165) is 35.8 Å². The molecule has 2 rings (SSSR count). The summed E-state index contributed by atoms with van der Waals surface area (Å²) in [5, 5.41) is 0.771. The first-order chi connectivity index (χ1) is 9.58. The van der Waals surface area contributed by atoms with E-state index in [9.17, 15) is 0 Å². The third-order valence-electron chi connectivity index (χ3n) is 3.39. The Morgan fingerprint density at radius 1 is 1.00 bits per heavy atom. The molecule has 0 aliphatic carbocycles. The highest BCUT2D eigenvalue weighted by atomic mass is 35.5. The number of halogens is 1. The lowest BCUT2D eigenvalue weighted by molar-refractivity contribution is 0.319. The van der Waals surface area contributed by atoms with Crippen molar-refractivity contribution in [2.75, 3.05) is 12.8 Å². The molecule has 0 amide bonds. The Hall–Kier alpha value is -1.51. The first-order valence-electron chi connectivity index (χ1n) is 6.88. The van der Waals surface area contributed by atoms with Gasteiger partial charge in [0.1, 0.15) is 0 Å². The largest absolute Gasteiger partial charge is 0.399 e. The lowest BCUT2D eigenvalue weighted by Crippen LogP contribution is -2.17. The molecule has 0 heterocycles. The van der Waals surface area contributed by atoms with E-state index < -0.39 is 0 Å². The maximum Gasteiger partial charge on any atom is 0.0452 e. The van der Waals surface area contributed by atoms with Crippen LogP contribution in [-0.4, -0.2) is 11.9 Å². The number of benzene rings is 2. The SMILES string of the molecule is CCc1ccc(CN(C)Cc2cc(N)ccc2Cl)cc1. The summed E-state index contributed by atoms with van der Waals surface area (Å²) in [5.41, 5.74) is 10.3. The Morgan fingerprint density at radius 3 is 2.30 bits per heavy atom. The fourth-order valence-electron chi connectivity index (χ4n) is 2.25. The zero-order chi connectivity index (χ0) is 14.5. The molecule has 2 aromatic rings. The van der Waals surface area contributed by atoms with Gasteiger partial charge in [-0.3, -0.25) is 4.90 Å². The van der Waals surface area contributed by atoms with E-state index in [4.69, 9.17) is 17.3 Å². The van der Waals surface area contributed by atoms with Gasteiger partial charge in [0.15, 0.2) is 0 Å². The van der Waals surface area contributed by atoms with Crippen LogP contribution < -0.4 is 5.73 Å². The van der Waals surface area contributed by atoms with Crippen LogP contribution in [0.1, 0.15) is 23.6 Å². The minimum atomic E-state index is 0.755. The molecule has 2 N–H and O–H groups in total. The Kier molecular flexibility index (Phi) is 5.05. The summed E-state index contributed by atoms with van der Waals surface area (Å²) >= 11 is 6.20. The van der Waals surface area contributed by atoms with Crippen molar-refractivity contribution in [1.82, 2.24) is 4.90 Å². The van der Waals surface area contributed by atoms with E-state index in [1.165, 1.54) is 11.1 Å². The van der Waals surface area contributed by atoms with Crippen LogP contribution in [0.25, 0.3) is 0 Å². The lowest BCUT2D eigenvalue weighted by Gasteiger charge is -2.18. The number of hydrogen-bond donors (Lipinski definition) is 1. The van der Waals surface area contributed by atoms with Gasteiger partial charge in [-0.15, -0.1) is 0 Å². The van der Waals surface area contributed by atoms with Gasteiger partial charge in [-0.05, 0) is 48.4 Å². The minimum Gasteiger partial charge on any atom is -0.399 e.